The molecule has 8 nitrogen and oxygen atoms in total. The fraction of sp³-hybridized carbons (Fsp3) is 0.588. The third kappa shape index (κ3) is 3.93. The molecule has 2 heterocycles. The SMILES string of the molecule is CN(C)N(C(=O)[C@H]1CCCN1S(=O)(=O)c1ccccc1F)[C@H]1CCS(=O)(=O)C1. The van der Waals surface area contributed by atoms with Crippen molar-refractivity contribution < 1.29 is 26.0 Å². The van der Waals surface area contributed by atoms with Crippen LogP contribution in [0.1, 0.15) is 19.3 Å². The van der Waals surface area contributed by atoms with Crippen LogP contribution >= 0.6 is 0 Å². The van der Waals surface area contributed by atoms with Gasteiger partial charge in [-0.1, -0.05) is 12.1 Å². The molecule has 2 aliphatic rings. The van der Waals surface area contributed by atoms with Gasteiger partial charge in [0.15, 0.2) is 9.84 Å². The standard InChI is InChI=1S/C17H24FN3O5S2/c1-19(2)21(13-9-11-27(23,24)12-13)17(22)15-7-5-10-20(15)28(25,26)16-8-4-3-6-14(16)18/h3-4,6,8,13,15H,5,7,9-12H2,1-2H3/t13-,15+/m0/s1. The van der Waals surface area contributed by atoms with Gasteiger partial charge < -0.3 is 0 Å². The molecule has 156 valence electrons. The van der Waals surface area contributed by atoms with Crippen molar-refractivity contribution in [2.75, 3.05) is 32.1 Å². The van der Waals surface area contributed by atoms with Crippen LogP contribution in [0.3, 0.4) is 0 Å². The van der Waals surface area contributed by atoms with Crippen LogP contribution in [0, 0.1) is 5.82 Å². The third-order valence-corrected chi connectivity index (χ3v) is 8.81. The fourth-order valence-electron chi connectivity index (χ4n) is 3.88. The van der Waals surface area contributed by atoms with E-state index in [0.29, 0.717) is 19.3 Å². The molecule has 0 saturated carbocycles. The van der Waals surface area contributed by atoms with E-state index in [-0.39, 0.29) is 18.1 Å². The van der Waals surface area contributed by atoms with E-state index < -0.39 is 48.6 Å². The van der Waals surface area contributed by atoms with Gasteiger partial charge in [0.1, 0.15) is 16.8 Å². The minimum absolute atomic E-state index is 0.00278. The number of hydrazine groups is 1. The van der Waals surface area contributed by atoms with Crippen LogP contribution in [0.15, 0.2) is 29.2 Å². The highest BCUT2D eigenvalue weighted by molar-refractivity contribution is 7.91. The minimum Gasteiger partial charge on any atom is -0.272 e. The smallest absolute Gasteiger partial charge is 0.255 e. The van der Waals surface area contributed by atoms with Gasteiger partial charge in [0, 0.05) is 20.6 Å². The highest BCUT2D eigenvalue weighted by atomic mass is 32.2. The molecular formula is C17H24FN3O5S2. The molecule has 0 radical (unpaired) electrons. The van der Waals surface area contributed by atoms with Crippen LogP contribution in [-0.4, -0.2) is 81.3 Å². The Kier molecular flexibility index (Phi) is 5.81. The molecule has 1 aromatic rings. The van der Waals surface area contributed by atoms with Gasteiger partial charge in [0.05, 0.1) is 17.5 Å². The summed E-state index contributed by atoms with van der Waals surface area (Å²) < 4.78 is 64.8. The zero-order chi connectivity index (χ0) is 20.7. The molecule has 2 atom stereocenters. The molecule has 2 saturated heterocycles. The number of hydrogen-bond donors (Lipinski definition) is 0. The Morgan fingerprint density at radius 1 is 1.21 bits per heavy atom. The summed E-state index contributed by atoms with van der Waals surface area (Å²) in [7, 11) is -4.18. The Balaban J connectivity index is 1.91. The predicted molar refractivity (Wildman–Crippen MR) is 101 cm³/mol. The number of sulfonamides is 1. The van der Waals surface area contributed by atoms with Crippen molar-refractivity contribution in [3.63, 3.8) is 0 Å². The second-order valence-electron chi connectivity index (χ2n) is 7.29. The molecule has 11 heteroatoms. The first-order valence-electron chi connectivity index (χ1n) is 9.02. The zero-order valence-electron chi connectivity index (χ0n) is 15.8. The summed E-state index contributed by atoms with van der Waals surface area (Å²) in [5, 5.41) is 2.84. The van der Waals surface area contributed by atoms with E-state index in [0.717, 1.165) is 10.4 Å². The minimum atomic E-state index is -4.20. The fourth-order valence-corrected chi connectivity index (χ4v) is 7.29. The van der Waals surface area contributed by atoms with Crippen LogP contribution in [0.4, 0.5) is 4.39 Å². The Morgan fingerprint density at radius 2 is 1.89 bits per heavy atom. The number of nitrogens with zero attached hydrogens (tertiary/aromatic N) is 3. The first kappa shape index (κ1) is 21.2. The van der Waals surface area contributed by atoms with Gasteiger partial charge in [0.2, 0.25) is 10.0 Å². The first-order chi connectivity index (χ1) is 13.0. The average molecular weight is 434 g/mol. The van der Waals surface area contributed by atoms with Gasteiger partial charge in [-0.05, 0) is 31.4 Å². The van der Waals surface area contributed by atoms with Gasteiger partial charge in [-0.2, -0.15) is 4.31 Å². The predicted octanol–water partition coefficient (Wildman–Crippen LogP) is 0.471. The molecule has 1 amide bonds. The van der Waals surface area contributed by atoms with E-state index in [1.54, 1.807) is 14.1 Å². The van der Waals surface area contributed by atoms with E-state index in [2.05, 4.69) is 0 Å². The Hall–Kier alpha value is -1.56. The maximum atomic E-state index is 14.1. The van der Waals surface area contributed by atoms with Crippen molar-refractivity contribution in [2.45, 2.75) is 36.2 Å². The lowest BCUT2D eigenvalue weighted by atomic mass is 10.1. The van der Waals surface area contributed by atoms with Crippen molar-refractivity contribution in [1.82, 2.24) is 14.3 Å². The number of benzene rings is 1. The van der Waals surface area contributed by atoms with E-state index in [1.807, 2.05) is 0 Å². The molecule has 0 unspecified atom stereocenters. The maximum Gasteiger partial charge on any atom is 0.255 e. The number of carbonyl (C=O) groups is 1. The molecule has 1 aromatic carbocycles. The summed E-state index contributed by atoms with van der Waals surface area (Å²) in [5.41, 5.74) is 0. The number of sulfone groups is 1. The topological polar surface area (TPSA) is 95.1 Å². The quantitative estimate of drug-likeness (QED) is 0.627. The summed E-state index contributed by atoms with van der Waals surface area (Å²) in [6, 6.07) is 3.54. The lowest BCUT2D eigenvalue weighted by Crippen LogP contribution is -2.56. The van der Waals surface area contributed by atoms with Crippen molar-refractivity contribution in [3.8, 4) is 0 Å². The van der Waals surface area contributed by atoms with Crippen molar-refractivity contribution in [3.05, 3.63) is 30.1 Å². The molecular weight excluding hydrogens is 409 g/mol. The number of amides is 1. The molecule has 28 heavy (non-hydrogen) atoms. The normalized spacial score (nSPS) is 25.3. The monoisotopic (exact) mass is 433 g/mol. The van der Waals surface area contributed by atoms with Crippen LogP contribution in [-0.2, 0) is 24.7 Å². The van der Waals surface area contributed by atoms with E-state index in [9.17, 15) is 26.0 Å². The third-order valence-electron chi connectivity index (χ3n) is 5.12. The van der Waals surface area contributed by atoms with Gasteiger partial charge in [-0.15, -0.1) is 0 Å². The molecule has 0 bridgehead atoms. The summed E-state index contributed by atoms with van der Waals surface area (Å²) in [6.07, 6.45) is 1.07. The summed E-state index contributed by atoms with van der Waals surface area (Å²) in [4.78, 5) is 12.8. The van der Waals surface area contributed by atoms with Crippen LogP contribution in [0.25, 0.3) is 0 Å². The van der Waals surface area contributed by atoms with Gasteiger partial charge in [0.25, 0.3) is 5.91 Å². The molecule has 3 rings (SSSR count). The number of halogens is 1. The van der Waals surface area contributed by atoms with E-state index in [4.69, 9.17) is 0 Å². The Morgan fingerprint density at radius 3 is 2.46 bits per heavy atom. The molecule has 0 spiro atoms. The number of rotatable bonds is 5. The average Bonchev–Trinajstić information content (AvgIpc) is 3.22. The molecule has 2 aliphatic heterocycles. The van der Waals surface area contributed by atoms with Gasteiger partial charge in [-0.25, -0.2) is 26.2 Å². The van der Waals surface area contributed by atoms with Crippen molar-refractivity contribution >= 4 is 25.8 Å². The largest absolute Gasteiger partial charge is 0.272 e. The molecule has 0 N–H and O–H groups in total. The van der Waals surface area contributed by atoms with Gasteiger partial charge in [-0.3, -0.25) is 9.80 Å². The van der Waals surface area contributed by atoms with Crippen LogP contribution < -0.4 is 0 Å². The Bertz CT molecular complexity index is 965. The van der Waals surface area contributed by atoms with Crippen LogP contribution in [0.2, 0.25) is 0 Å². The van der Waals surface area contributed by atoms with Crippen molar-refractivity contribution in [2.24, 2.45) is 0 Å². The molecule has 0 aliphatic carbocycles. The maximum absolute atomic E-state index is 14.1. The second kappa shape index (κ2) is 7.69. The lowest BCUT2D eigenvalue weighted by molar-refractivity contribution is -0.152. The Labute approximate surface area is 164 Å². The number of carbonyl (C=O) groups excluding carboxylic acids is 1. The number of hydrogen-bond acceptors (Lipinski definition) is 6. The molecule has 0 aromatic heterocycles. The van der Waals surface area contributed by atoms with Gasteiger partial charge >= 0.3 is 0 Å². The van der Waals surface area contributed by atoms with Crippen LogP contribution in [0.5, 0.6) is 0 Å². The summed E-state index contributed by atoms with van der Waals surface area (Å²) in [5.74, 6) is -1.50. The van der Waals surface area contributed by atoms with Crippen molar-refractivity contribution in [1.29, 1.82) is 0 Å². The highest BCUT2D eigenvalue weighted by Crippen LogP contribution is 2.30. The summed E-state index contributed by atoms with van der Waals surface area (Å²) >= 11 is 0. The molecule has 2 fully saturated rings. The van der Waals surface area contributed by atoms with E-state index >= 15 is 0 Å². The summed E-state index contributed by atoms with van der Waals surface area (Å²) in [6.45, 7) is 0.108. The first-order valence-corrected chi connectivity index (χ1v) is 12.3. The second-order valence-corrected chi connectivity index (χ2v) is 11.4. The zero-order valence-corrected chi connectivity index (χ0v) is 17.4. The van der Waals surface area contributed by atoms with E-state index in [1.165, 1.54) is 28.2 Å². The lowest BCUT2D eigenvalue weighted by Gasteiger charge is -2.37. The highest BCUT2D eigenvalue weighted by Gasteiger charge is 2.45.